The van der Waals surface area contributed by atoms with Crippen molar-refractivity contribution in [3.8, 4) is 0 Å². The van der Waals surface area contributed by atoms with E-state index in [0.29, 0.717) is 12.8 Å². The highest BCUT2D eigenvalue weighted by Gasteiger charge is 2.17. The number of esters is 1. The first kappa shape index (κ1) is 17.3. The van der Waals surface area contributed by atoms with E-state index in [4.69, 9.17) is 0 Å². The first-order valence-electron chi connectivity index (χ1n) is 6.46. The number of hydrogen-bond acceptors (Lipinski definition) is 5. The number of allylic oxidation sites excluding steroid dienone is 1. The van der Waals surface area contributed by atoms with E-state index in [1.54, 1.807) is 11.9 Å². The summed E-state index contributed by atoms with van der Waals surface area (Å²) in [5.74, 6) is -0.163. The number of hydrogen-bond donors (Lipinski definition) is 0. The molecule has 0 aliphatic carbocycles. The zero-order chi connectivity index (χ0) is 14.0. The Morgan fingerprint density at radius 2 is 1.78 bits per heavy atom. The Morgan fingerprint density at radius 3 is 2.22 bits per heavy atom. The summed E-state index contributed by atoms with van der Waals surface area (Å²) in [6, 6.07) is 0. The normalized spacial score (nSPS) is 15.7. The fourth-order valence-electron chi connectivity index (χ4n) is 1.69. The molecular formula is C13H26N2O2S. The number of carbonyl (C=O) groups excluding carboxylic acids is 1. The van der Waals surface area contributed by atoms with E-state index in [0.717, 1.165) is 31.9 Å². The SMILES string of the molecule is C=C(CCC(=O)OC)N1CCN(SC)CC1.CC. The van der Waals surface area contributed by atoms with Crippen LogP contribution < -0.4 is 0 Å². The van der Waals surface area contributed by atoms with Crippen molar-refractivity contribution < 1.29 is 9.53 Å². The van der Waals surface area contributed by atoms with Gasteiger partial charge in [0, 0.05) is 31.9 Å². The molecule has 1 heterocycles. The van der Waals surface area contributed by atoms with Gasteiger partial charge < -0.3 is 9.64 Å². The largest absolute Gasteiger partial charge is 0.469 e. The van der Waals surface area contributed by atoms with Crippen LogP contribution in [-0.2, 0) is 9.53 Å². The minimum atomic E-state index is -0.163. The molecule has 0 radical (unpaired) electrons. The van der Waals surface area contributed by atoms with Crippen molar-refractivity contribution in [2.75, 3.05) is 39.5 Å². The molecule has 18 heavy (non-hydrogen) atoms. The Bertz CT molecular complexity index is 251. The fourth-order valence-corrected chi connectivity index (χ4v) is 2.22. The van der Waals surface area contributed by atoms with Crippen molar-refractivity contribution in [2.24, 2.45) is 0 Å². The van der Waals surface area contributed by atoms with Crippen LogP contribution in [0, 0.1) is 0 Å². The number of carbonyl (C=O) groups is 1. The average Bonchev–Trinajstić information content (AvgIpc) is 2.46. The average molecular weight is 274 g/mol. The van der Waals surface area contributed by atoms with Gasteiger partial charge in [0.1, 0.15) is 0 Å². The maximum absolute atomic E-state index is 11.0. The highest BCUT2D eigenvalue weighted by Crippen LogP contribution is 2.16. The molecule has 1 saturated heterocycles. The standard InChI is InChI=1S/C11H20N2O2S.C2H6/c1-10(4-5-11(14)15-2)12-6-8-13(16-3)9-7-12;1-2/h1,4-9H2,2-3H3;1-2H3. The van der Waals surface area contributed by atoms with Gasteiger partial charge in [-0.05, 0) is 12.7 Å². The predicted octanol–water partition coefficient (Wildman–Crippen LogP) is 2.38. The molecule has 1 rings (SSSR count). The third-order valence-electron chi connectivity index (χ3n) is 2.79. The molecule has 0 unspecified atom stereocenters. The van der Waals surface area contributed by atoms with Crippen LogP contribution in [0.25, 0.3) is 0 Å². The minimum absolute atomic E-state index is 0.163. The maximum Gasteiger partial charge on any atom is 0.305 e. The summed E-state index contributed by atoms with van der Waals surface area (Å²) in [5, 5.41) is 0. The molecule has 1 aliphatic heterocycles. The number of rotatable bonds is 5. The number of ether oxygens (including phenoxy) is 1. The van der Waals surface area contributed by atoms with Gasteiger partial charge in [-0.2, -0.15) is 0 Å². The van der Waals surface area contributed by atoms with Crippen molar-refractivity contribution in [3.05, 3.63) is 12.3 Å². The van der Waals surface area contributed by atoms with Crippen LogP contribution in [0.1, 0.15) is 26.7 Å². The Hall–Kier alpha value is -0.680. The van der Waals surface area contributed by atoms with Crippen LogP contribution in [0.4, 0.5) is 0 Å². The fraction of sp³-hybridized carbons (Fsp3) is 0.769. The van der Waals surface area contributed by atoms with Crippen LogP contribution in [0.5, 0.6) is 0 Å². The summed E-state index contributed by atoms with van der Waals surface area (Å²) in [4.78, 5) is 13.3. The molecule has 106 valence electrons. The van der Waals surface area contributed by atoms with Gasteiger partial charge in [0.2, 0.25) is 0 Å². The Morgan fingerprint density at radius 1 is 1.22 bits per heavy atom. The van der Waals surface area contributed by atoms with E-state index in [2.05, 4.69) is 26.8 Å². The van der Waals surface area contributed by atoms with Gasteiger partial charge in [0.15, 0.2) is 0 Å². The molecule has 1 aliphatic rings. The summed E-state index contributed by atoms with van der Waals surface area (Å²) in [7, 11) is 1.42. The van der Waals surface area contributed by atoms with Gasteiger partial charge >= 0.3 is 5.97 Å². The number of nitrogens with zero attached hydrogens (tertiary/aromatic N) is 2. The van der Waals surface area contributed by atoms with E-state index in [1.807, 2.05) is 13.8 Å². The zero-order valence-corrected chi connectivity index (χ0v) is 12.9. The monoisotopic (exact) mass is 274 g/mol. The molecule has 0 aromatic carbocycles. The summed E-state index contributed by atoms with van der Waals surface area (Å²) in [5.41, 5.74) is 1.05. The second-order valence-electron chi connectivity index (χ2n) is 3.74. The highest BCUT2D eigenvalue weighted by molar-refractivity contribution is 7.96. The third kappa shape index (κ3) is 6.31. The highest BCUT2D eigenvalue weighted by atomic mass is 32.2. The minimum Gasteiger partial charge on any atom is -0.469 e. The Labute approximate surface area is 115 Å². The van der Waals surface area contributed by atoms with E-state index in [-0.39, 0.29) is 5.97 Å². The third-order valence-corrected chi connectivity index (χ3v) is 3.67. The van der Waals surface area contributed by atoms with Crippen LogP contribution in [-0.4, -0.2) is 54.7 Å². The first-order valence-corrected chi connectivity index (χ1v) is 7.64. The van der Waals surface area contributed by atoms with Gasteiger partial charge in [-0.15, -0.1) is 0 Å². The molecule has 0 spiro atoms. The van der Waals surface area contributed by atoms with Crippen molar-refractivity contribution >= 4 is 17.9 Å². The van der Waals surface area contributed by atoms with Crippen molar-refractivity contribution in [2.45, 2.75) is 26.7 Å². The summed E-state index contributed by atoms with van der Waals surface area (Å²) in [6.45, 7) is 12.1. The van der Waals surface area contributed by atoms with Gasteiger partial charge in [-0.1, -0.05) is 32.4 Å². The number of methoxy groups -OCH3 is 1. The topological polar surface area (TPSA) is 32.8 Å². The first-order chi connectivity index (χ1) is 8.67. The molecular weight excluding hydrogens is 248 g/mol. The van der Waals surface area contributed by atoms with Crippen molar-refractivity contribution in [1.82, 2.24) is 9.21 Å². The van der Waals surface area contributed by atoms with E-state index in [1.165, 1.54) is 7.11 Å². The van der Waals surface area contributed by atoms with Crippen LogP contribution in [0.2, 0.25) is 0 Å². The van der Waals surface area contributed by atoms with E-state index in [9.17, 15) is 4.79 Å². The van der Waals surface area contributed by atoms with Crippen molar-refractivity contribution in [1.29, 1.82) is 0 Å². The molecule has 1 fully saturated rings. The predicted molar refractivity (Wildman–Crippen MR) is 78.4 cm³/mol. The Kier molecular flexibility index (Phi) is 9.87. The second kappa shape index (κ2) is 10.3. The quantitative estimate of drug-likeness (QED) is 0.568. The second-order valence-corrected chi connectivity index (χ2v) is 4.62. The zero-order valence-electron chi connectivity index (χ0n) is 12.1. The van der Waals surface area contributed by atoms with Gasteiger partial charge in [-0.25, -0.2) is 4.31 Å². The van der Waals surface area contributed by atoms with Crippen LogP contribution >= 0.6 is 11.9 Å². The lowest BCUT2D eigenvalue weighted by molar-refractivity contribution is -0.140. The van der Waals surface area contributed by atoms with Crippen LogP contribution in [0.15, 0.2) is 12.3 Å². The summed E-state index contributed by atoms with van der Waals surface area (Å²) >= 11 is 1.78. The van der Waals surface area contributed by atoms with E-state index >= 15 is 0 Å². The number of piperazine rings is 1. The molecule has 5 heteroatoms. The van der Waals surface area contributed by atoms with Crippen molar-refractivity contribution in [3.63, 3.8) is 0 Å². The maximum atomic E-state index is 11.0. The van der Waals surface area contributed by atoms with Gasteiger partial charge in [0.25, 0.3) is 0 Å². The lowest BCUT2D eigenvalue weighted by Crippen LogP contribution is -2.42. The smallest absolute Gasteiger partial charge is 0.305 e. The molecule has 0 aromatic heterocycles. The Balaban J connectivity index is 0.00000137. The molecule has 0 N–H and O–H groups in total. The molecule has 0 aromatic rings. The summed E-state index contributed by atoms with van der Waals surface area (Å²) in [6.07, 6.45) is 3.23. The molecule has 0 amide bonds. The molecule has 0 saturated carbocycles. The molecule has 0 bridgehead atoms. The van der Waals surface area contributed by atoms with Gasteiger partial charge in [-0.3, -0.25) is 4.79 Å². The lowest BCUT2D eigenvalue weighted by atomic mass is 10.2. The lowest BCUT2D eigenvalue weighted by Gasteiger charge is -2.35. The molecule has 4 nitrogen and oxygen atoms in total. The molecule has 0 atom stereocenters. The van der Waals surface area contributed by atoms with E-state index < -0.39 is 0 Å². The summed E-state index contributed by atoms with van der Waals surface area (Å²) < 4.78 is 6.95. The van der Waals surface area contributed by atoms with Crippen LogP contribution in [0.3, 0.4) is 0 Å². The van der Waals surface area contributed by atoms with Gasteiger partial charge in [0.05, 0.1) is 13.5 Å².